The predicted octanol–water partition coefficient (Wildman–Crippen LogP) is 4.58. The van der Waals surface area contributed by atoms with Gasteiger partial charge in [0.2, 0.25) is 0 Å². The molecule has 9 nitrogen and oxygen atoms in total. The number of halogens is 3. The zero-order valence-corrected chi connectivity index (χ0v) is 25.8. The maximum absolute atomic E-state index is 13.4. The van der Waals surface area contributed by atoms with Crippen LogP contribution in [-0.2, 0) is 32.2 Å². The fourth-order valence-corrected chi connectivity index (χ4v) is 4.94. The van der Waals surface area contributed by atoms with Crippen LogP contribution in [0.15, 0.2) is 91.0 Å². The molecule has 1 aromatic heterocycles. The average Bonchev–Trinajstić information content (AvgIpc) is 3.50. The highest BCUT2D eigenvalue weighted by molar-refractivity contribution is 5.97. The third kappa shape index (κ3) is 9.74. The van der Waals surface area contributed by atoms with Crippen molar-refractivity contribution in [2.24, 2.45) is 0 Å². The summed E-state index contributed by atoms with van der Waals surface area (Å²) in [6.07, 6.45) is -5.27. The van der Waals surface area contributed by atoms with Gasteiger partial charge in [0.05, 0.1) is 17.7 Å². The molecule has 0 fully saturated rings. The number of hydrogen-bond acceptors (Lipinski definition) is 6. The Morgan fingerprint density at radius 1 is 0.891 bits per heavy atom. The van der Waals surface area contributed by atoms with Crippen LogP contribution in [0.3, 0.4) is 0 Å². The summed E-state index contributed by atoms with van der Waals surface area (Å²) in [5.74, 6) is -0.985. The molecule has 0 aliphatic heterocycles. The molecule has 0 aliphatic rings. The first-order valence-corrected chi connectivity index (χ1v) is 15.1. The Kier molecular flexibility index (Phi) is 12.1. The zero-order chi connectivity index (χ0) is 33.1. The topological polar surface area (TPSA) is 112 Å². The minimum absolute atomic E-state index is 0.000646. The van der Waals surface area contributed by atoms with E-state index in [2.05, 4.69) is 21.2 Å². The van der Waals surface area contributed by atoms with Crippen molar-refractivity contribution in [1.82, 2.24) is 30.8 Å². The van der Waals surface area contributed by atoms with Gasteiger partial charge in [-0.05, 0) is 36.1 Å². The molecule has 2 amide bonds. The zero-order valence-electron chi connectivity index (χ0n) is 25.8. The van der Waals surface area contributed by atoms with Crippen LogP contribution in [0.4, 0.5) is 13.2 Å². The van der Waals surface area contributed by atoms with Crippen molar-refractivity contribution in [3.8, 4) is 0 Å². The Morgan fingerprint density at radius 3 is 2.17 bits per heavy atom. The molecule has 0 bridgehead atoms. The highest BCUT2D eigenvalue weighted by atomic mass is 19.4. The van der Waals surface area contributed by atoms with E-state index in [4.69, 9.17) is 0 Å². The van der Waals surface area contributed by atoms with E-state index in [0.29, 0.717) is 25.2 Å². The quantitative estimate of drug-likeness (QED) is 0.142. The van der Waals surface area contributed by atoms with Crippen LogP contribution < -0.4 is 16.1 Å². The molecular weight excluding hydrogens is 597 g/mol. The van der Waals surface area contributed by atoms with Gasteiger partial charge in [-0.3, -0.25) is 19.7 Å². The number of amides is 2. The molecule has 12 heteroatoms. The molecule has 46 heavy (non-hydrogen) atoms. The third-order valence-electron chi connectivity index (χ3n) is 7.42. The number of aryl methyl sites for hydroxylation is 1. The molecule has 1 heterocycles. The van der Waals surface area contributed by atoms with Gasteiger partial charge in [-0.2, -0.15) is 18.3 Å². The van der Waals surface area contributed by atoms with E-state index in [1.54, 1.807) is 11.1 Å². The maximum atomic E-state index is 13.4. The molecule has 0 radical (unpaired) electrons. The van der Waals surface area contributed by atoms with E-state index in [1.165, 1.54) is 16.8 Å². The lowest BCUT2D eigenvalue weighted by molar-refractivity contribution is -0.137. The molecular formula is C34H39F3N6O3. The predicted molar refractivity (Wildman–Crippen MR) is 168 cm³/mol. The molecule has 2 atom stereocenters. The van der Waals surface area contributed by atoms with Gasteiger partial charge in [-0.1, -0.05) is 85.8 Å². The second-order valence-corrected chi connectivity index (χ2v) is 10.8. The van der Waals surface area contributed by atoms with Crippen molar-refractivity contribution in [3.63, 3.8) is 0 Å². The summed E-state index contributed by atoms with van der Waals surface area (Å²) in [5.41, 5.74) is 4.66. The van der Waals surface area contributed by atoms with Crippen molar-refractivity contribution in [2.75, 3.05) is 13.1 Å². The van der Waals surface area contributed by atoms with Crippen molar-refractivity contribution in [3.05, 3.63) is 125 Å². The number of aliphatic hydroxyl groups is 1. The molecule has 244 valence electrons. The molecule has 0 unspecified atom stereocenters. The number of aliphatic hydroxyl groups excluding tert-OH is 1. The molecule has 0 aliphatic carbocycles. The molecule has 4 rings (SSSR count). The van der Waals surface area contributed by atoms with Crippen molar-refractivity contribution < 1.29 is 27.9 Å². The lowest BCUT2D eigenvalue weighted by Gasteiger charge is -2.24. The Labute approximate surface area is 266 Å². The van der Waals surface area contributed by atoms with Crippen LogP contribution in [0, 0.1) is 0 Å². The van der Waals surface area contributed by atoms with E-state index in [9.17, 15) is 27.9 Å². The first-order valence-electron chi connectivity index (χ1n) is 15.1. The van der Waals surface area contributed by atoms with E-state index >= 15 is 0 Å². The van der Waals surface area contributed by atoms with Crippen molar-refractivity contribution in [2.45, 2.75) is 58.2 Å². The fourth-order valence-electron chi connectivity index (χ4n) is 4.94. The van der Waals surface area contributed by atoms with Gasteiger partial charge in [0.1, 0.15) is 5.69 Å². The summed E-state index contributed by atoms with van der Waals surface area (Å²) in [5, 5.41) is 23.1. The van der Waals surface area contributed by atoms with Gasteiger partial charge in [0.25, 0.3) is 11.8 Å². The molecule has 4 aromatic rings. The minimum Gasteiger partial charge on any atom is -0.390 e. The summed E-state index contributed by atoms with van der Waals surface area (Å²) in [4.78, 5) is 26.7. The highest BCUT2D eigenvalue weighted by Crippen LogP contribution is 2.29. The number of hydrogen-bond donors (Lipinski definition) is 4. The lowest BCUT2D eigenvalue weighted by atomic mass is 10.0. The number of alkyl halides is 3. The van der Waals surface area contributed by atoms with Crippen LogP contribution in [0.2, 0.25) is 0 Å². The molecule has 3 aromatic carbocycles. The van der Waals surface area contributed by atoms with Crippen molar-refractivity contribution >= 4 is 11.8 Å². The summed E-state index contributed by atoms with van der Waals surface area (Å²) in [6, 6.07) is 24.6. The van der Waals surface area contributed by atoms with Crippen LogP contribution >= 0.6 is 0 Å². The number of carbonyl (C=O) groups excluding carboxylic acids is 2. The number of nitrogens with zero attached hydrogens (tertiary/aromatic N) is 3. The molecule has 0 saturated carbocycles. The van der Waals surface area contributed by atoms with Gasteiger partial charge in [0, 0.05) is 38.8 Å². The Balaban J connectivity index is 1.44. The van der Waals surface area contributed by atoms with Gasteiger partial charge in [0.15, 0.2) is 5.69 Å². The number of rotatable bonds is 15. The number of hydrazine groups is 1. The van der Waals surface area contributed by atoms with E-state index < -0.39 is 35.7 Å². The first kappa shape index (κ1) is 34.4. The van der Waals surface area contributed by atoms with Gasteiger partial charge in [-0.25, -0.2) is 5.01 Å². The SMILES string of the molecule is CCN(Cc1ccccc1)NC(=O)c1cc(C(=O)N[C@@H](Cc2ccccc2)[C@@H](O)CNCc2cccc(C(F)(F)F)c2)nn1CC. The lowest BCUT2D eigenvalue weighted by Crippen LogP contribution is -2.48. The summed E-state index contributed by atoms with van der Waals surface area (Å²) in [6.45, 7) is 5.21. The number of carbonyl (C=O) groups is 2. The van der Waals surface area contributed by atoms with Gasteiger partial charge < -0.3 is 15.7 Å². The minimum atomic E-state index is -4.45. The summed E-state index contributed by atoms with van der Waals surface area (Å²) >= 11 is 0. The van der Waals surface area contributed by atoms with Gasteiger partial charge in [-0.15, -0.1) is 0 Å². The Morgan fingerprint density at radius 2 is 1.54 bits per heavy atom. The Bertz CT molecular complexity index is 1560. The molecule has 0 saturated heterocycles. The Hall–Kier alpha value is -4.52. The number of nitrogens with one attached hydrogen (secondary N) is 3. The highest BCUT2D eigenvalue weighted by Gasteiger charge is 2.30. The molecule has 0 spiro atoms. The van der Waals surface area contributed by atoms with Crippen LogP contribution in [-0.4, -0.2) is 56.9 Å². The normalized spacial score (nSPS) is 12.9. The van der Waals surface area contributed by atoms with Crippen LogP contribution in [0.1, 0.15) is 57.1 Å². The maximum Gasteiger partial charge on any atom is 0.416 e. The average molecular weight is 637 g/mol. The van der Waals surface area contributed by atoms with Crippen LogP contribution in [0.25, 0.3) is 0 Å². The van der Waals surface area contributed by atoms with Gasteiger partial charge >= 0.3 is 6.18 Å². The van der Waals surface area contributed by atoms with Crippen molar-refractivity contribution in [1.29, 1.82) is 0 Å². The summed E-state index contributed by atoms with van der Waals surface area (Å²) < 4.78 is 40.8. The standard InChI is InChI=1S/C34H39F3N6O3/c1-3-42(23-25-14-9-6-10-15-25)41-33(46)30-20-29(40-43(30)4-2)32(45)39-28(19-24-12-7-5-8-13-24)31(44)22-38-21-26-16-11-17-27(18-26)34(35,36)37/h5-18,20,28,31,38,44H,3-4,19,21-23H2,1-2H3,(H,39,45)(H,41,46)/t28-,31-/m0/s1. The monoisotopic (exact) mass is 636 g/mol. The summed E-state index contributed by atoms with van der Waals surface area (Å²) in [7, 11) is 0. The smallest absolute Gasteiger partial charge is 0.390 e. The second-order valence-electron chi connectivity index (χ2n) is 10.8. The number of benzene rings is 3. The largest absolute Gasteiger partial charge is 0.416 e. The molecule has 4 N–H and O–H groups in total. The van der Waals surface area contributed by atoms with Crippen LogP contribution in [0.5, 0.6) is 0 Å². The second kappa shape index (κ2) is 16.2. The fraction of sp³-hybridized carbons (Fsp3) is 0.324. The third-order valence-corrected chi connectivity index (χ3v) is 7.42. The first-order chi connectivity index (χ1) is 22.1. The van der Waals surface area contributed by atoms with E-state index in [-0.39, 0.29) is 30.9 Å². The van der Waals surface area contributed by atoms with E-state index in [0.717, 1.165) is 23.3 Å². The van der Waals surface area contributed by atoms with E-state index in [1.807, 2.05) is 74.5 Å². The number of aromatic nitrogens is 2.